The minimum Gasteiger partial charge on any atom is -0.347 e. The fraction of sp³-hybridized carbons (Fsp3) is 0.143. The van der Waals surface area contributed by atoms with Crippen molar-refractivity contribution in [1.29, 1.82) is 0 Å². The molecule has 4 aromatic heterocycles. The van der Waals surface area contributed by atoms with E-state index in [1.165, 1.54) is 4.90 Å². The van der Waals surface area contributed by atoms with Gasteiger partial charge in [0.05, 0.1) is 6.54 Å². The van der Waals surface area contributed by atoms with Gasteiger partial charge >= 0.3 is 0 Å². The zero-order valence-electron chi connectivity index (χ0n) is 16.1. The van der Waals surface area contributed by atoms with Crippen LogP contribution in [-0.2, 0) is 4.79 Å². The van der Waals surface area contributed by atoms with Crippen LogP contribution in [0.2, 0.25) is 0 Å². The van der Waals surface area contributed by atoms with E-state index in [9.17, 15) is 9.59 Å². The van der Waals surface area contributed by atoms with Gasteiger partial charge in [0.15, 0.2) is 5.69 Å². The van der Waals surface area contributed by atoms with E-state index in [4.69, 9.17) is 0 Å². The number of nitrogens with one attached hydrogen (secondary N) is 1. The minimum absolute atomic E-state index is 0.0682. The van der Waals surface area contributed by atoms with Crippen molar-refractivity contribution < 1.29 is 9.59 Å². The second-order valence-electron chi connectivity index (χ2n) is 6.76. The largest absolute Gasteiger partial charge is 0.347 e. The van der Waals surface area contributed by atoms with Crippen LogP contribution >= 0.6 is 0 Å². The number of aromatic nitrogens is 4. The number of amides is 2. The Morgan fingerprint density at radius 1 is 1.07 bits per heavy atom. The first-order valence-electron chi connectivity index (χ1n) is 9.09. The van der Waals surface area contributed by atoms with E-state index in [1.807, 2.05) is 53.2 Å². The molecule has 4 rings (SSSR count). The van der Waals surface area contributed by atoms with Crippen LogP contribution in [0.4, 0.5) is 0 Å². The topological polar surface area (TPSA) is 84.5 Å². The molecular weight excluding hydrogens is 368 g/mol. The lowest BCUT2D eigenvalue weighted by atomic mass is 10.1. The molecule has 8 heteroatoms. The minimum atomic E-state index is -0.393. The van der Waals surface area contributed by atoms with Gasteiger partial charge in [0.2, 0.25) is 5.91 Å². The highest BCUT2D eigenvalue weighted by Gasteiger charge is 2.14. The maximum atomic E-state index is 12.3. The zero-order chi connectivity index (χ0) is 20.4. The molecule has 0 aliphatic heterocycles. The molecule has 4 aromatic rings. The fourth-order valence-corrected chi connectivity index (χ4v) is 2.95. The lowest BCUT2D eigenvalue weighted by Gasteiger charge is -2.10. The van der Waals surface area contributed by atoms with Crippen molar-refractivity contribution >= 4 is 17.3 Å². The Balaban J connectivity index is 1.61. The highest BCUT2D eigenvalue weighted by atomic mass is 16.2. The lowest BCUT2D eigenvalue weighted by molar-refractivity contribution is -0.127. The van der Waals surface area contributed by atoms with Crippen molar-refractivity contribution in [3.8, 4) is 16.9 Å². The van der Waals surface area contributed by atoms with Crippen molar-refractivity contribution in [2.45, 2.75) is 0 Å². The number of pyridine rings is 2. The zero-order valence-corrected chi connectivity index (χ0v) is 16.1. The second-order valence-corrected chi connectivity index (χ2v) is 6.76. The summed E-state index contributed by atoms with van der Waals surface area (Å²) in [6, 6.07) is 13.5. The van der Waals surface area contributed by atoms with Gasteiger partial charge in [-0.05, 0) is 35.9 Å². The molecule has 0 bridgehead atoms. The van der Waals surface area contributed by atoms with Gasteiger partial charge in [0.1, 0.15) is 5.82 Å². The molecular formula is C21H20N6O2. The molecule has 0 aromatic carbocycles. The third kappa shape index (κ3) is 3.73. The predicted octanol–water partition coefficient (Wildman–Crippen LogP) is 2.00. The summed E-state index contributed by atoms with van der Waals surface area (Å²) in [6.45, 7) is -0.0682. The van der Waals surface area contributed by atoms with Gasteiger partial charge in [-0.1, -0.05) is 12.1 Å². The van der Waals surface area contributed by atoms with Crippen LogP contribution in [0, 0.1) is 0 Å². The first-order valence-corrected chi connectivity index (χ1v) is 9.09. The summed E-state index contributed by atoms with van der Waals surface area (Å²) in [5, 5.41) is 6.96. The van der Waals surface area contributed by atoms with Gasteiger partial charge < -0.3 is 14.6 Å². The maximum Gasteiger partial charge on any atom is 0.272 e. The van der Waals surface area contributed by atoms with Crippen LogP contribution < -0.4 is 5.32 Å². The van der Waals surface area contributed by atoms with Crippen LogP contribution in [0.25, 0.3) is 22.5 Å². The van der Waals surface area contributed by atoms with Gasteiger partial charge in [-0.15, -0.1) is 0 Å². The number of fused-ring (bicyclic) bond motifs is 1. The lowest BCUT2D eigenvalue weighted by Crippen LogP contribution is -2.36. The molecule has 0 radical (unpaired) electrons. The van der Waals surface area contributed by atoms with Crippen LogP contribution in [-0.4, -0.2) is 56.5 Å². The first kappa shape index (κ1) is 18.4. The fourth-order valence-electron chi connectivity index (χ4n) is 2.95. The summed E-state index contributed by atoms with van der Waals surface area (Å²) >= 11 is 0. The Bertz CT molecular complexity index is 1180. The summed E-state index contributed by atoms with van der Waals surface area (Å²) in [6.07, 6.45) is 7.29. The Kier molecular flexibility index (Phi) is 4.82. The number of nitrogens with zero attached hydrogens (tertiary/aromatic N) is 5. The van der Waals surface area contributed by atoms with Crippen LogP contribution in [0.1, 0.15) is 10.5 Å². The first-order chi connectivity index (χ1) is 14.0. The Labute approximate surface area is 167 Å². The highest BCUT2D eigenvalue weighted by molar-refractivity contribution is 5.94. The predicted molar refractivity (Wildman–Crippen MR) is 109 cm³/mol. The molecule has 4 heterocycles. The molecule has 2 amide bonds. The number of likely N-dealkylation sites (N-methyl/N-ethyl adjacent to an activating group) is 1. The third-order valence-electron chi connectivity index (χ3n) is 4.58. The van der Waals surface area contributed by atoms with Crippen LogP contribution in [0.15, 0.2) is 67.3 Å². The maximum absolute atomic E-state index is 12.3. The van der Waals surface area contributed by atoms with Crippen LogP contribution in [0.5, 0.6) is 0 Å². The molecule has 0 aliphatic rings. The molecule has 0 saturated heterocycles. The Hall–Kier alpha value is -3.94. The Morgan fingerprint density at radius 3 is 2.66 bits per heavy atom. The SMILES string of the molecule is CN(C)C(=O)CNC(=O)c1ccn(-c2ccc3ccc(-c4cccnc4)cn23)n1. The molecule has 0 aliphatic carbocycles. The number of hydrogen-bond donors (Lipinski definition) is 1. The summed E-state index contributed by atoms with van der Waals surface area (Å²) in [5.74, 6) is 0.225. The quantitative estimate of drug-likeness (QED) is 0.567. The molecule has 146 valence electrons. The van der Waals surface area contributed by atoms with Gasteiger partial charge in [0, 0.05) is 50.0 Å². The van der Waals surface area contributed by atoms with E-state index >= 15 is 0 Å². The smallest absolute Gasteiger partial charge is 0.272 e. The van der Waals surface area contributed by atoms with Crippen molar-refractivity contribution in [2.75, 3.05) is 20.6 Å². The molecule has 0 spiro atoms. The normalized spacial score (nSPS) is 10.8. The summed E-state index contributed by atoms with van der Waals surface area (Å²) in [4.78, 5) is 29.5. The summed E-state index contributed by atoms with van der Waals surface area (Å²) < 4.78 is 3.65. The molecule has 0 unspecified atom stereocenters. The number of carbonyl (C=O) groups excluding carboxylic acids is 2. The summed E-state index contributed by atoms with van der Waals surface area (Å²) in [5.41, 5.74) is 3.29. The third-order valence-corrected chi connectivity index (χ3v) is 4.58. The molecule has 0 saturated carbocycles. The standard InChI is InChI=1S/C21H20N6O2/c1-25(2)20(28)13-23-21(29)18-9-11-27(24-18)19-8-7-17-6-5-16(14-26(17)19)15-4-3-10-22-12-15/h3-12,14H,13H2,1-2H3,(H,23,29). The number of carbonyl (C=O) groups is 2. The number of hydrogen-bond acceptors (Lipinski definition) is 4. The molecule has 29 heavy (non-hydrogen) atoms. The van der Waals surface area contributed by atoms with E-state index in [2.05, 4.69) is 15.4 Å². The van der Waals surface area contributed by atoms with E-state index in [1.54, 1.807) is 37.2 Å². The van der Waals surface area contributed by atoms with E-state index in [0.717, 1.165) is 22.5 Å². The van der Waals surface area contributed by atoms with Gasteiger partial charge in [0.25, 0.3) is 5.91 Å². The van der Waals surface area contributed by atoms with Crippen molar-refractivity contribution in [2.24, 2.45) is 0 Å². The van der Waals surface area contributed by atoms with Crippen molar-refractivity contribution in [1.82, 2.24) is 29.4 Å². The average molecular weight is 388 g/mol. The van der Waals surface area contributed by atoms with E-state index < -0.39 is 5.91 Å². The molecule has 8 nitrogen and oxygen atoms in total. The highest BCUT2D eigenvalue weighted by Crippen LogP contribution is 2.22. The molecule has 0 fully saturated rings. The van der Waals surface area contributed by atoms with Crippen molar-refractivity contribution in [3.63, 3.8) is 0 Å². The summed E-state index contributed by atoms with van der Waals surface area (Å²) in [7, 11) is 3.28. The number of rotatable bonds is 5. The van der Waals surface area contributed by atoms with E-state index in [0.29, 0.717) is 0 Å². The monoisotopic (exact) mass is 388 g/mol. The van der Waals surface area contributed by atoms with Gasteiger partial charge in [-0.3, -0.25) is 14.6 Å². The van der Waals surface area contributed by atoms with E-state index in [-0.39, 0.29) is 18.1 Å². The average Bonchev–Trinajstić information content (AvgIpc) is 3.38. The van der Waals surface area contributed by atoms with Crippen molar-refractivity contribution in [3.05, 3.63) is 72.9 Å². The van der Waals surface area contributed by atoms with Crippen LogP contribution in [0.3, 0.4) is 0 Å². The van der Waals surface area contributed by atoms with Gasteiger partial charge in [-0.2, -0.15) is 5.10 Å². The molecule has 1 N–H and O–H groups in total. The molecule has 0 atom stereocenters. The van der Waals surface area contributed by atoms with Gasteiger partial charge in [-0.25, -0.2) is 4.68 Å². The second kappa shape index (κ2) is 7.59. The Morgan fingerprint density at radius 2 is 1.90 bits per heavy atom.